The molecule has 4 rings (SSSR count). The fourth-order valence-electron chi connectivity index (χ4n) is 5.25. The van der Waals surface area contributed by atoms with Gasteiger partial charge >= 0.3 is 11.9 Å². The standard InChI is InChI=1S/C19H20O4/c1-11-9-19(18(21)22-2)14(8-13-15(19)10-23-17(13)20)16(11)12-6-4-3-5-7-12/h3-7,13-16H,1,8-10H2,2H3/t13-,14-,15-,16-,19-/m0/s1. The van der Waals surface area contributed by atoms with Crippen LogP contribution in [0.15, 0.2) is 42.5 Å². The van der Waals surface area contributed by atoms with Crippen molar-refractivity contribution in [2.75, 3.05) is 13.7 Å². The van der Waals surface area contributed by atoms with Crippen LogP contribution in [0.1, 0.15) is 24.3 Å². The first-order valence-electron chi connectivity index (χ1n) is 8.07. The summed E-state index contributed by atoms with van der Waals surface area (Å²) in [6.45, 7) is 4.58. The number of rotatable bonds is 2. The number of methoxy groups -OCH3 is 1. The van der Waals surface area contributed by atoms with E-state index in [1.165, 1.54) is 12.7 Å². The molecule has 0 unspecified atom stereocenters. The number of ether oxygens (including phenoxy) is 2. The van der Waals surface area contributed by atoms with E-state index in [1.54, 1.807) is 0 Å². The zero-order valence-electron chi connectivity index (χ0n) is 13.2. The lowest BCUT2D eigenvalue weighted by Crippen LogP contribution is -2.40. The van der Waals surface area contributed by atoms with Gasteiger partial charge in [-0.15, -0.1) is 0 Å². The lowest BCUT2D eigenvalue weighted by atomic mass is 9.71. The first-order valence-corrected chi connectivity index (χ1v) is 8.07. The van der Waals surface area contributed by atoms with Crippen molar-refractivity contribution in [2.24, 2.45) is 23.2 Å². The highest BCUT2D eigenvalue weighted by molar-refractivity contribution is 5.85. The maximum Gasteiger partial charge on any atom is 0.312 e. The number of allylic oxidation sites excluding steroid dienone is 1. The molecule has 0 aromatic heterocycles. The van der Waals surface area contributed by atoms with Gasteiger partial charge in [0.1, 0.15) is 0 Å². The van der Waals surface area contributed by atoms with Crippen LogP contribution < -0.4 is 0 Å². The molecule has 1 aliphatic heterocycles. The van der Waals surface area contributed by atoms with Gasteiger partial charge in [-0.05, 0) is 24.3 Å². The molecule has 120 valence electrons. The van der Waals surface area contributed by atoms with Crippen molar-refractivity contribution in [1.82, 2.24) is 0 Å². The molecular formula is C19H20O4. The first kappa shape index (κ1) is 14.5. The maximum atomic E-state index is 12.8. The van der Waals surface area contributed by atoms with Crippen LogP contribution in [0, 0.1) is 23.2 Å². The second kappa shape index (κ2) is 4.95. The molecule has 1 aromatic carbocycles. The second-order valence-corrected chi connectivity index (χ2v) is 6.94. The minimum atomic E-state index is -0.664. The van der Waals surface area contributed by atoms with Crippen molar-refractivity contribution in [3.8, 4) is 0 Å². The van der Waals surface area contributed by atoms with Crippen molar-refractivity contribution in [3.05, 3.63) is 48.0 Å². The SMILES string of the molecule is C=C1C[C@@]2(C(=O)OC)[C@H]3COC(=O)[C@H]3C[C@H]2[C@@H]1c1ccccc1. The number of carbonyl (C=O) groups excluding carboxylic acids is 2. The number of carbonyl (C=O) groups is 2. The Morgan fingerprint density at radius 3 is 2.74 bits per heavy atom. The maximum absolute atomic E-state index is 12.8. The zero-order chi connectivity index (χ0) is 16.2. The largest absolute Gasteiger partial charge is 0.469 e. The van der Waals surface area contributed by atoms with Gasteiger partial charge in [-0.1, -0.05) is 42.5 Å². The fourth-order valence-corrected chi connectivity index (χ4v) is 5.25. The summed E-state index contributed by atoms with van der Waals surface area (Å²) in [5, 5.41) is 0. The summed E-state index contributed by atoms with van der Waals surface area (Å²) < 4.78 is 10.4. The van der Waals surface area contributed by atoms with E-state index in [0.29, 0.717) is 19.4 Å². The molecule has 0 spiro atoms. The van der Waals surface area contributed by atoms with Crippen molar-refractivity contribution < 1.29 is 19.1 Å². The van der Waals surface area contributed by atoms with Crippen molar-refractivity contribution >= 4 is 11.9 Å². The van der Waals surface area contributed by atoms with Crippen LogP contribution in [0.4, 0.5) is 0 Å². The van der Waals surface area contributed by atoms with Gasteiger partial charge in [0.15, 0.2) is 0 Å². The Labute approximate surface area is 135 Å². The smallest absolute Gasteiger partial charge is 0.312 e. The minimum Gasteiger partial charge on any atom is -0.469 e. The van der Waals surface area contributed by atoms with Gasteiger partial charge in [-0.2, -0.15) is 0 Å². The quantitative estimate of drug-likeness (QED) is 0.622. The predicted octanol–water partition coefficient (Wildman–Crippen LogP) is 2.70. The van der Waals surface area contributed by atoms with Gasteiger partial charge in [-0.3, -0.25) is 9.59 Å². The molecule has 3 fully saturated rings. The van der Waals surface area contributed by atoms with Gasteiger partial charge in [0.05, 0.1) is 25.0 Å². The van der Waals surface area contributed by atoms with Gasteiger partial charge in [0.25, 0.3) is 0 Å². The van der Waals surface area contributed by atoms with Crippen molar-refractivity contribution in [2.45, 2.75) is 18.8 Å². The molecule has 1 aromatic rings. The molecule has 0 amide bonds. The topological polar surface area (TPSA) is 52.6 Å². The van der Waals surface area contributed by atoms with Crippen LogP contribution in [0.5, 0.6) is 0 Å². The van der Waals surface area contributed by atoms with E-state index in [2.05, 4.69) is 18.7 Å². The van der Waals surface area contributed by atoms with Crippen LogP contribution >= 0.6 is 0 Å². The number of hydrogen-bond acceptors (Lipinski definition) is 4. The molecule has 0 bridgehead atoms. The third kappa shape index (κ3) is 1.78. The van der Waals surface area contributed by atoms with E-state index < -0.39 is 5.41 Å². The normalized spacial score (nSPS) is 38.1. The Hall–Kier alpha value is -2.10. The molecule has 3 aliphatic rings. The Morgan fingerprint density at radius 2 is 2.04 bits per heavy atom. The molecule has 4 nitrogen and oxygen atoms in total. The molecular weight excluding hydrogens is 292 g/mol. The third-order valence-corrected chi connectivity index (χ3v) is 6.11. The van der Waals surface area contributed by atoms with Crippen molar-refractivity contribution in [1.29, 1.82) is 0 Å². The van der Waals surface area contributed by atoms with Gasteiger partial charge < -0.3 is 9.47 Å². The Morgan fingerprint density at radius 1 is 1.30 bits per heavy atom. The third-order valence-electron chi connectivity index (χ3n) is 6.11. The van der Waals surface area contributed by atoms with E-state index in [-0.39, 0.29) is 35.6 Å². The molecule has 0 radical (unpaired) electrons. The lowest BCUT2D eigenvalue weighted by Gasteiger charge is -2.32. The number of hydrogen-bond donors (Lipinski definition) is 0. The van der Waals surface area contributed by atoms with E-state index in [1.807, 2.05) is 18.2 Å². The van der Waals surface area contributed by atoms with Crippen LogP contribution in [0.25, 0.3) is 0 Å². The van der Waals surface area contributed by atoms with Crippen LogP contribution in [-0.4, -0.2) is 25.7 Å². The first-order chi connectivity index (χ1) is 11.1. The predicted molar refractivity (Wildman–Crippen MR) is 83.4 cm³/mol. The lowest BCUT2D eigenvalue weighted by molar-refractivity contribution is -0.158. The van der Waals surface area contributed by atoms with Gasteiger partial charge in [-0.25, -0.2) is 0 Å². The number of esters is 2. The molecule has 0 N–H and O–H groups in total. The average molecular weight is 312 g/mol. The highest BCUT2D eigenvalue weighted by Gasteiger charge is 2.69. The summed E-state index contributed by atoms with van der Waals surface area (Å²) in [5.41, 5.74) is 1.56. The van der Waals surface area contributed by atoms with E-state index in [4.69, 9.17) is 9.47 Å². The van der Waals surface area contributed by atoms with Crippen LogP contribution in [0.3, 0.4) is 0 Å². The van der Waals surface area contributed by atoms with E-state index in [0.717, 1.165) is 5.57 Å². The van der Waals surface area contributed by atoms with Crippen LogP contribution in [0.2, 0.25) is 0 Å². The highest BCUT2D eigenvalue weighted by Crippen LogP contribution is 2.67. The molecule has 23 heavy (non-hydrogen) atoms. The summed E-state index contributed by atoms with van der Waals surface area (Å²) in [5.74, 6) is -0.476. The molecule has 1 saturated heterocycles. The van der Waals surface area contributed by atoms with E-state index in [9.17, 15) is 9.59 Å². The second-order valence-electron chi connectivity index (χ2n) is 6.94. The number of cyclic esters (lactones) is 1. The summed E-state index contributed by atoms with van der Waals surface area (Å²) in [6.07, 6.45) is 1.26. The number of fused-ring (bicyclic) bond motifs is 3. The molecule has 2 saturated carbocycles. The monoisotopic (exact) mass is 312 g/mol. The summed E-state index contributed by atoms with van der Waals surface area (Å²) in [6, 6.07) is 10.1. The molecule has 1 heterocycles. The summed E-state index contributed by atoms with van der Waals surface area (Å²) in [4.78, 5) is 24.8. The Bertz CT molecular complexity index is 680. The highest BCUT2D eigenvalue weighted by atomic mass is 16.5. The van der Waals surface area contributed by atoms with Crippen molar-refractivity contribution in [3.63, 3.8) is 0 Å². The average Bonchev–Trinajstić information content (AvgIpc) is 3.16. The Balaban J connectivity index is 1.82. The zero-order valence-corrected chi connectivity index (χ0v) is 13.2. The van der Waals surface area contributed by atoms with Gasteiger partial charge in [0.2, 0.25) is 0 Å². The van der Waals surface area contributed by atoms with Gasteiger partial charge in [0, 0.05) is 11.8 Å². The van der Waals surface area contributed by atoms with E-state index >= 15 is 0 Å². The minimum absolute atomic E-state index is 0.0627. The van der Waals surface area contributed by atoms with Crippen LogP contribution in [-0.2, 0) is 19.1 Å². The summed E-state index contributed by atoms with van der Waals surface area (Å²) >= 11 is 0. The Kier molecular flexibility index (Phi) is 3.12. The number of benzene rings is 1. The fraction of sp³-hybridized carbons (Fsp3) is 0.474. The molecule has 2 aliphatic carbocycles. The molecule has 4 heteroatoms. The molecule has 5 atom stereocenters. The summed E-state index contributed by atoms with van der Waals surface area (Å²) in [7, 11) is 1.43.